The summed E-state index contributed by atoms with van der Waals surface area (Å²) in [6.45, 7) is 3.18. The van der Waals surface area contributed by atoms with Crippen molar-refractivity contribution in [3.05, 3.63) is 65.5 Å². The average Bonchev–Trinajstić information content (AvgIpc) is 3.13. The molecule has 1 atom stereocenters. The minimum Gasteiger partial charge on any atom is -0.337 e. The van der Waals surface area contributed by atoms with Crippen LogP contribution in [0.15, 0.2) is 48.5 Å². The van der Waals surface area contributed by atoms with E-state index in [-0.39, 0.29) is 17.6 Å². The van der Waals surface area contributed by atoms with Crippen LogP contribution >= 0.6 is 0 Å². The van der Waals surface area contributed by atoms with E-state index in [4.69, 9.17) is 0 Å². The number of nitrogens with zero attached hydrogens (tertiary/aromatic N) is 3. The van der Waals surface area contributed by atoms with E-state index in [1.54, 1.807) is 11.7 Å². The van der Waals surface area contributed by atoms with Crippen LogP contribution < -0.4 is 0 Å². The molecule has 1 aliphatic heterocycles. The summed E-state index contributed by atoms with van der Waals surface area (Å²) in [6.07, 6.45) is 2.45. The summed E-state index contributed by atoms with van der Waals surface area (Å²) in [5, 5.41) is 6.44. The Balaban J connectivity index is 1.57. The first-order valence-electron chi connectivity index (χ1n) is 9.92. The van der Waals surface area contributed by atoms with Crippen molar-refractivity contribution in [2.24, 2.45) is 13.0 Å². The number of benzene rings is 2. The maximum Gasteiger partial charge on any atom is 0.272 e. The van der Waals surface area contributed by atoms with Crippen molar-refractivity contribution in [3.8, 4) is 0 Å². The van der Waals surface area contributed by atoms with Crippen LogP contribution in [-0.4, -0.2) is 39.5 Å². The average molecular weight is 375 g/mol. The van der Waals surface area contributed by atoms with Crippen LogP contribution in [0.5, 0.6) is 0 Å². The summed E-state index contributed by atoms with van der Waals surface area (Å²) in [7, 11) is 1.80. The zero-order valence-electron chi connectivity index (χ0n) is 16.4. The number of carbonyl (C=O) groups is 2. The third-order valence-electron chi connectivity index (χ3n) is 5.65. The van der Waals surface area contributed by atoms with Crippen molar-refractivity contribution in [1.82, 2.24) is 14.7 Å². The summed E-state index contributed by atoms with van der Waals surface area (Å²) in [5.74, 6) is -0.0685. The van der Waals surface area contributed by atoms with E-state index < -0.39 is 0 Å². The molecule has 2 heterocycles. The molecule has 1 amide bonds. The van der Waals surface area contributed by atoms with Crippen LogP contribution in [0.25, 0.3) is 10.8 Å². The first kappa shape index (κ1) is 18.4. The molecular weight excluding hydrogens is 350 g/mol. The summed E-state index contributed by atoms with van der Waals surface area (Å²) in [6, 6.07) is 15.7. The summed E-state index contributed by atoms with van der Waals surface area (Å²) in [5.41, 5.74) is 2.26. The highest BCUT2D eigenvalue weighted by atomic mass is 16.2. The maximum atomic E-state index is 13.3. The molecule has 3 aromatic rings. The lowest BCUT2D eigenvalue weighted by Crippen LogP contribution is -2.43. The van der Waals surface area contributed by atoms with Crippen LogP contribution in [0.2, 0.25) is 0 Å². The number of piperidine rings is 1. The van der Waals surface area contributed by atoms with E-state index >= 15 is 0 Å². The van der Waals surface area contributed by atoms with E-state index in [2.05, 4.69) is 5.10 Å². The van der Waals surface area contributed by atoms with Crippen LogP contribution in [0.3, 0.4) is 0 Å². The third-order valence-corrected chi connectivity index (χ3v) is 5.65. The number of aryl methyl sites for hydroxylation is 2. The van der Waals surface area contributed by atoms with Crippen molar-refractivity contribution < 1.29 is 9.59 Å². The molecule has 144 valence electrons. The number of hydrogen-bond donors (Lipinski definition) is 0. The Hall–Kier alpha value is -2.95. The predicted octanol–water partition coefficient (Wildman–Crippen LogP) is 3.87. The van der Waals surface area contributed by atoms with Gasteiger partial charge in [0.15, 0.2) is 5.78 Å². The molecule has 28 heavy (non-hydrogen) atoms. The van der Waals surface area contributed by atoms with Gasteiger partial charge in [-0.05, 0) is 36.1 Å². The van der Waals surface area contributed by atoms with Gasteiger partial charge < -0.3 is 4.90 Å². The minimum atomic E-state index is -0.164. The quantitative estimate of drug-likeness (QED) is 0.651. The fourth-order valence-electron chi connectivity index (χ4n) is 4.10. The molecule has 5 heteroatoms. The second-order valence-electron chi connectivity index (χ2n) is 7.48. The van der Waals surface area contributed by atoms with Gasteiger partial charge in [-0.25, -0.2) is 0 Å². The fraction of sp³-hybridized carbons (Fsp3) is 0.348. The molecule has 1 aromatic heterocycles. The first-order valence-corrected chi connectivity index (χ1v) is 9.92. The van der Waals surface area contributed by atoms with Crippen molar-refractivity contribution in [3.63, 3.8) is 0 Å². The number of ketones is 1. The van der Waals surface area contributed by atoms with Gasteiger partial charge in [0, 0.05) is 31.6 Å². The van der Waals surface area contributed by atoms with Gasteiger partial charge in [0.2, 0.25) is 0 Å². The summed E-state index contributed by atoms with van der Waals surface area (Å²) in [4.78, 5) is 28.1. The van der Waals surface area contributed by atoms with Gasteiger partial charge in [-0.2, -0.15) is 5.10 Å². The van der Waals surface area contributed by atoms with Gasteiger partial charge in [0.25, 0.3) is 5.91 Å². The number of hydrogen-bond acceptors (Lipinski definition) is 3. The van der Waals surface area contributed by atoms with Gasteiger partial charge in [0.1, 0.15) is 5.69 Å². The summed E-state index contributed by atoms with van der Waals surface area (Å²) >= 11 is 0. The molecule has 0 aliphatic carbocycles. The van der Waals surface area contributed by atoms with E-state index in [0.717, 1.165) is 41.3 Å². The highest BCUT2D eigenvalue weighted by Gasteiger charge is 2.31. The number of aromatic nitrogens is 2. The highest BCUT2D eigenvalue weighted by Crippen LogP contribution is 2.26. The summed E-state index contributed by atoms with van der Waals surface area (Å²) < 4.78 is 1.65. The van der Waals surface area contributed by atoms with Gasteiger partial charge in [-0.3, -0.25) is 14.3 Å². The number of rotatable bonds is 4. The Labute approximate surface area is 165 Å². The molecular formula is C23H25N3O2. The Morgan fingerprint density at radius 1 is 1.14 bits per heavy atom. The Morgan fingerprint density at radius 2 is 1.93 bits per heavy atom. The third kappa shape index (κ3) is 3.33. The number of likely N-dealkylation sites (tertiary alicyclic amines) is 1. The van der Waals surface area contributed by atoms with E-state index in [1.165, 1.54) is 0 Å². The number of amides is 1. The van der Waals surface area contributed by atoms with Gasteiger partial charge >= 0.3 is 0 Å². The SMILES string of the molecule is CCc1cc(C(=O)N2CCCC(C(=O)c3cccc4ccccc34)C2)n(C)n1. The highest BCUT2D eigenvalue weighted by molar-refractivity contribution is 6.09. The minimum absolute atomic E-state index is 0.0369. The molecule has 0 saturated carbocycles. The lowest BCUT2D eigenvalue weighted by Gasteiger charge is -2.32. The van der Waals surface area contributed by atoms with Crippen molar-refractivity contribution in [2.45, 2.75) is 26.2 Å². The molecule has 5 nitrogen and oxygen atoms in total. The van der Waals surface area contributed by atoms with Crippen molar-refractivity contribution in [1.29, 1.82) is 0 Å². The standard InChI is InChI=1S/C23H25N3O2/c1-3-18-14-21(25(2)24-18)23(28)26-13-7-10-17(15-26)22(27)20-12-6-9-16-8-4-5-11-19(16)20/h4-6,8-9,11-12,14,17H,3,7,10,13,15H2,1-2H3. The zero-order chi connectivity index (χ0) is 19.7. The van der Waals surface area contributed by atoms with Gasteiger partial charge in [0.05, 0.1) is 5.69 Å². The molecule has 0 N–H and O–H groups in total. The second-order valence-corrected chi connectivity index (χ2v) is 7.48. The topological polar surface area (TPSA) is 55.2 Å². The smallest absolute Gasteiger partial charge is 0.272 e. The maximum absolute atomic E-state index is 13.3. The van der Waals surface area contributed by atoms with Crippen LogP contribution in [0.4, 0.5) is 0 Å². The molecule has 0 bridgehead atoms. The molecule has 1 saturated heterocycles. The first-order chi connectivity index (χ1) is 13.6. The second kappa shape index (κ2) is 7.58. The molecule has 2 aromatic carbocycles. The largest absolute Gasteiger partial charge is 0.337 e. The van der Waals surface area contributed by atoms with Gasteiger partial charge in [-0.15, -0.1) is 0 Å². The Kier molecular flexibility index (Phi) is 4.99. The lowest BCUT2D eigenvalue weighted by molar-refractivity contribution is 0.0628. The molecule has 0 spiro atoms. The van der Waals surface area contributed by atoms with Gasteiger partial charge in [-0.1, -0.05) is 49.4 Å². The molecule has 4 rings (SSSR count). The predicted molar refractivity (Wildman–Crippen MR) is 109 cm³/mol. The Morgan fingerprint density at radius 3 is 2.71 bits per heavy atom. The van der Waals surface area contributed by atoms with Crippen LogP contribution in [0, 0.1) is 5.92 Å². The van der Waals surface area contributed by atoms with Crippen LogP contribution in [0.1, 0.15) is 46.3 Å². The molecule has 1 unspecified atom stereocenters. The van der Waals surface area contributed by atoms with E-state index in [1.807, 2.05) is 60.4 Å². The number of carbonyl (C=O) groups excluding carboxylic acids is 2. The fourth-order valence-corrected chi connectivity index (χ4v) is 4.10. The number of fused-ring (bicyclic) bond motifs is 1. The molecule has 1 fully saturated rings. The van der Waals surface area contributed by atoms with E-state index in [9.17, 15) is 9.59 Å². The zero-order valence-corrected chi connectivity index (χ0v) is 16.4. The van der Waals surface area contributed by atoms with Crippen LogP contribution in [-0.2, 0) is 13.5 Å². The monoisotopic (exact) mass is 375 g/mol. The Bertz CT molecular complexity index is 1030. The van der Waals surface area contributed by atoms with Crippen molar-refractivity contribution in [2.75, 3.05) is 13.1 Å². The molecule has 1 aliphatic rings. The number of Topliss-reactive ketones (excluding diaryl/α,β-unsaturated/α-hetero) is 1. The molecule has 0 radical (unpaired) electrons. The van der Waals surface area contributed by atoms with E-state index in [0.29, 0.717) is 18.8 Å². The normalized spacial score (nSPS) is 17.1. The van der Waals surface area contributed by atoms with Crippen molar-refractivity contribution >= 4 is 22.5 Å². The lowest BCUT2D eigenvalue weighted by atomic mass is 9.88.